The van der Waals surface area contributed by atoms with E-state index < -0.39 is 0 Å². The van der Waals surface area contributed by atoms with Gasteiger partial charge in [0.05, 0.1) is 19.3 Å². The molecule has 3 heterocycles. The Morgan fingerprint density at radius 2 is 2.35 bits per heavy atom. The van der Waals surface area contributed by atoms with Crippen molar-refractivity contribution in [2.75, 3.05) is 19.8 Å². The van der Waals surface area contributed by atoms with Crippen LogP contribution < -0.4 is 0 Å². The number of hydrogen-bond acceptors (Lipinski definition) is 4. The summed E-state index contributed by atoms with van der Waals surface area (Å²) >= 11 is 0. The minimum absolute atomic E-state index is 0.0896. The quantitative estimate of drug-likeness (QED) is 0.834. The van der Waals surface area contributed by atoms with E-state index in [2.05, 4.69) is 5.16 Å². The van der Waals surface area contributed by atoms with Crippen LogP contribution >= 0.6 is 0 Å². The Hall–Kier alpha value is -2.08. The summed E-state index contributed by atoms with van der Waals surface area (Å²) in [6, 6.07) is 5.55. The zero-order valence-electron chi connectivity index (χ0n) is 11.6. The van der Waals surface area contributed by atoms with Crippen molar-refractivity contribution in [1.29, 1.82) is 0 Å². The first kappa shape index (κ1) is 12.9. The molecule has 106 valence electrons. The molecule has 1 fully saturated rings. The van der Waals surface area contributed by atoms with Crippen molar-refractivity contribution in [1.82, 2.24) is 14.6 Å². The van der Waals surface area contributed by atoms with Crippen molar-refractivity contribution in [3.63, 3.8) is 0 Å². The first-order chi connectivity index (χ1) is 9.66. The monoisotopic (exact) mass is 275 g/mol. The van der Waals surface area contributed by atoms with Crippen LogP contribution in [0.3, 0.4) is 0 Å². The molecule has 1 aliphatic rings. The number of ether oxygens (including phenoxy) is 1. The average molecular weight is 275 g/mol. The van der Waals surface area contributed by atoms with Crippen LogP contribution in [0.5, 0.6) is 0 Å². The van der Waals surface area contributed by atoms with Gasteiger partial charge < -0.3 is 18.7 Å². The van der Waals surface area contributed by atoms with Crippen molar-refractivity contribution < 1.29 is 14.1 Å². The maximum absolute atomic E-state index is 12.6. The zero-order valence-corrected chi connectivity index (χ0v) is 11.6. The van der Waals surface area contributed by atoms with E-state index in [1.54, 1.807) is 17.9 Å². The summed E-state index contributed by atoms with van der Waals surface area (Å²) < 4.78 is 12.5. The summed E-state index contributed by atoms with van der Waals surface area (Å²) in [6.45, 7) is 3.38. The minimum Gasteiger partial charge on any atom is -0.377 e. The molecule has 20 heavy (non-hydrogen) atoms. The molecule has 6 heteroatoms. The Bertz CT molecular complexity index is 617. The molecule has 0 bridgehead atoms. The van der Waals surface area contributed by atoms with Crippen molar-refractivity contribution in [3.05, 3.63) is 41.5 Å². The normalized spacial score (nSPS) is 19.3. The predicted molar refractivity (Wildman–Crippen MR) is 71.2 cm³/mol. The molecule has 2 aromatic rings. The number of hydrogen-bond donors (Lipinski definition) is 0. The molecule has 1 saturated heterocycles. The molecule has 0 saturated carbocycles. The van der Waals surface area contributed by atoms with Gasteiger partial charge in [0.15, 0.2) is 5.69 Å². The average Bonchev–Trinajstić information content (AvgIpc) is 3.07. The molecule has 0 unspecified atom stereocenters. The molecule has 0 spiro atoms. The number of aryl methyl sites for hydroxylation is 2. The van der Waals surface area contributed by atoms with E-state index in [1.165, 1.54) is 0 Å². The second-order valence-corrected chi connectivity index (χ2v) is 4.96. The van der Waals surface area contributed by atoms with Crippen molar-refractivity contribution >= 4 is 5.91 Å². The van der Waals surface area contributed by atoms with Gasteiger partial charge in [-0.3, -0.25) is 4.79 Å². The molecule has 1 amide bonds. The summed E-state index contributed by atoms with van der Waals surface area (Å²) in [5, 5.41) is 3.82. The van der Waals surface area contributed by atoms with Crippen LogP contribution in [0.2, 0.25) is 0 Å². The highest BCUT2D eigenvalue weighted by Gasteiger charge is 2.31. The topological polar surface area (TPSA) is 60.5 Å². The van der Waals surface area contributed by atoms with Gasteiger partial charge in [0.1, 0.15) is 5.76 Å². The van der Waals surface area contributed by atoms with Crippen LogP contribution in [-0.4, -0.2) is 40.3 Å². The lowest BCUT2D eigenvalue weighted by Gasteiger charge is -2.35. The molecule has 3 rings (SSSR count). The predicted octanol–water partition coefficient (Wildman–Crippen LogP) is 1.54. The van der Waals surface area contributed by atoms with E-state index >= 15 is 0 Å². The first-order valence-corrected chi connectivity index (χ1v) is 6.60. The number of aromatic nitrogens is 2. The van der Waals surface area contributed by atoms with E-state index in [0.29, 0.717) is 31.2 Å². The van der Waals surface area contributed by atoms with Crippen LogP contribution in [0, 0.1) is 6.92 Å². The third-order valence-electron chi connectivity index (χ3n) is 3.56. The zero-order chi connectivity index (χ0) is 14.1. The third kappa shape index (κ3) is 2.22. The Kier molecular flexibility index (Phi) is 3.31. The molecule has 2 aromatic heterocycles. The fraction of sp³-hybridized carbons (Fsp3) is 0.429. The SMILES string of the molecule is Cc1cc(C(=O)N2CCOC[C@@H]2c2cccn2C)no1. The Labute approximate surface area is 116 Å². The summed E-state index contributed by atoms with van der Waals surface area (Å²) in [7, 11) is 1.97. The lowest BCUT2D eigenvalue weighted by molar-refractivity contribution is -0.00513. The Morgan fingerprint density at radius 3 is 3.00 bits per heavy atom. The van der Waals surface area contributed by atoms with Gasteiger partial charge in [-0.05, 0) is 19.1 Å². The largest absolute Gasteiger partial charge is 0.377 e. The van der Waals surface area contributed by atoms with Crippen LogP contribution in [0.1, 0.15) is 28.0 Å². The first-order valence-electron chi connectivity index (χ1n) is 6.60. The molecule has 1 aliphatic heterocycles. The maximum Gasteiger partial charge on any atom is 0.276 e. The fourth-order valence-corrected chi connectivity index (χ4v) is 2.53. The van der Waals surface area contributed by atoms with Crippen molar-refractivity contribution in [2.24, 2.45) is 7.05 Å². The number of amides is 1. The number of morpholine rings is 1. The van der Waals surface area contributed by atoms with Gasteiger partial charge in [-0.15, -0.1) is 0 Å². The summed E-state index contributed by atoms with van der Waals surface area (Å²) in [5.41, 5.74) is 1.40. The molecule has 0 aromatic carbocycles. The smallest absolute Gasteiger partial charge is 0.276 e. The van der Waals surface area contributed by atoms with Gasteiger partial charge in [0.2, 0.25) is 0 Å². The van der Waals surface area contributed by atoms with Gasteiger partial charge in [-0.25, -0.2) is 0 Å². The molecule has 1 atom stereocenters. The van der Waals surface area contributed by atoms with Crippen molar-refractivity contribution in [3.8, 4) is 0 Å². The Morgan fingerprint density at radius 1 is 1.50 bits per heavy atom. The van der Waals surface area contributed by atoms with Crippen LogP contribution in [0.4, 0.5) is 0 Å². The third-order valence-corrected chi connectivity index (χ3v) is 3.56. The Balaban J connectivity index is 1.89. The highest BCUT2D eigenvalue weighted by Crippen LogP contribution is 2.25. The number of nitrogens with zero attached hydrogens (tertiary/aromatic N) is 3. The van der Waals surface area contributed by atoms with Crippen LogP contribution in [-0.2, 0) is 11.8 Å². The molecule has 6 nitrogen and oxygen atoms in total. The minimum atomic E-state index is -0.114. The molecule has 0 N–H and O–H groups in total. The van der Waals surface area contributed by atoms with E-state index in [4.69, 9.17) is 9.26 Å². The molecular weight excluding hydrogens is 258 g/mol. The summed E-state index contributed by atoms with van der Waals surface area (Å²) in [4.78, 5) is 14.4. The summed E-state index contributed by atoms with van der Waals surface area (Å²) in [5.74, 6) is 0.522. The van der Waals surface area contributed by atoms with E-state index in [0.717, 1.165) is 5.69 Å². The van der Waals surface area contributed by atoms with E-state index in [-0.39, 0.29) is 11.9 Å². The number of carbonyl (C=O) groups excluding carboxylic acids is 1. The number of rotatable bonds is 2. The van der Waals surface area contributed by atoms with E-state index in [1.807, 2.05) is 29.9 Å². The lowest BCUT2D eigenvalue weighted by Crippen LogP contribution is -2.44. The van der Waals surface area contributed by atoms with Gasteiger partial charge in [-0.1, -0.05) is 5.16 Å². The standard InChI is InChI=1S/C14H17N3O3/c1-10-8-11(15-20-10)14(18)17-6-7-19-9-13(17)12-4-3-5-16(12)2/h3-5,8,13H,6-7,9H2,1-2H3/t13-/m1/s1. The highest BCUT2D eigenvalue weighted by atomic mass is 16.5. The molecule has 0 aliphatic carbocycles. The van der Waals surface area contributed by atoms with Gasteiger partial charge in [0.25, 0.3) is 5.91 Å². The summed E-state index contributed by atoms with van der Waals surface area (Å²) in [6.07, 6.45) is 1.97. The fourth-order valence-electron chi connectivity index (χ4n) is 2.53. The second-order valence-electron chi connectivity index (χ2n) is 4.96. The van der Waals surface area contributed by atoms with Gasteiger partial charge in [-0.2, -0.15) is 0 Å². The van der Waals surface area contributed by atoms with Crippen LogP contribution in [0.15, 0.2) is 28.9 Å². The second kappa shape index (κ2) is 5.13. The number of carbonyl (C=O) groups is 1. The highest BCUT2D eigenvalue weighted by molar-refractivity contribution is 5.92. The van der Waals surface area contributed by atoms with Gasteiger partial charge >= 0.3 is 0 Å². The molecule has 0 radical (unpaired) electrons. The lowest BCUT2D eigenvalue weighted by atomic mass is 10.1. The maximum atomic E-state index is 12.6. The van der Waals surface area contributed by atoms with Crippen molar-refractivity contribution in [2.45, 2.75) is 13.0 Å². The van der Waals surface area contributed by atoms with Gasteiger partial charge in [0, 0.05) is 31.5 Å². The van der Waals surface area contributed by atoms with Crippen LogP contribution in [0.25, 0.3) is 0 Å². The molecular formula is C14H17N3O3. The van der Waals surface area contributed by atoms with E-state index in [9.17, 15) is 4.79 Å².